The first-order valence-electron chi connectivity index (χ1n) is 12.2. The predicted molar refractivity (Wildman–Crippen MR) is 143 cm³/mol. The summed E-state index contributed by atoms with van der Waals surface area (Å²) in [5.74, 6) is -0.620. The summed E-state index contributed by atoms with van der Waals surface area (Å²) in [6.45, 7) is 0.730. The van der Waals surface area contributed by atoms with Gasteiger partial charge >= 0.3 is 0 Å². The van der Waals surface area contributed by atoms with E-state index >= 15 is 0 Å². The summed E-state index contributed by atoms with van der Waals surface area (Å²) in [6.07, 6.45) is 4.35. The van der Waals surface area contributed by atoms with Gasteiger partial charge in [-0.2, -0.15) is 0 Å². The number of H-pyrrole nitrogens is 1. The van der Waals surface area contributed by atoms with Crippen molar-refractivity contribution < 1.29 is 14.7 Å². The third kappa shape index (κ3) is 6.76. The number of hydrogen-bond donors (Lipinski definition) is 4. The van der Waals surface area contributed by atoms with Crippen LogP contribution in [0.15, 0.2) is 97.3 Å². The molecule has 0 saturated carbocycles. The fraction of sp³-hybridized carbons (Fsp3) is 0.207. The van der Waals surface area contributed by atoms with Crippen LogP contribution in [-0.2, 0) is 16.1 Å². The van der Waals surface area contributed by atoms with E-state index in [9.17, 15) is 14.7 Å². The first-order chi connectivity index (χ1) is 18.0. The molecule has 1 atom stereocenters. The molecule has 0 radical (unpaired) electrons. The normalized spacial score (nSPS) is 11.7. The lowest BCUT2D eigenvalue weighted by molar-refractivity contribution is -0.140. The minimum atomic E-state index is -0.824. The second kappa shape index (κ2) is 12.4. The van der Waals surface area contributed by atoms with Crippen molar-refractivity contribution in [3.8, 4) is 5.75 Å². The molecule has 1 aromatic heterocycles. The third-order valence-corrected chi connectivity index (χ3v) is 6.23. The van der Waals surface area contributed by atoms with E-state index < -0.39 is 17.9 Å². The molecule has 0 fully saturated rings. The fourth-order valence-corrected chi connectivity index (χ4v) is 4.39. The highest BCUT2D eigenvalue weighted by atomic mass is 16.3. The van der Waals surface area contributed by atoms with Gasteiger partial charge in [0.2, 0.25) is 11.8 Å². The highest BCUT2D eigenvalue weighted by Gasteiger charge is 2.34. The Morgan fingerprint density at radius 3 is 2.11 bits per heavy atom. The third-order valence-electron chi connectivity index (χ3n) is 6.23. The summed E-state index contributed by atoms with van der Waals surface area (Å²) in [7, 11) is 0. The van der Waals surface area contributed by atoms with Crippen LogP contribution in [0.4, 0.5) is 5.95 Å². The predicted octanol–water partition coefficient (Wildman–Crippen LogP) is 4.02. The molecule has 4 aromatic rings. The Hall–Kier alpha value is -4.59. The van der Waals surface area contributed by atoms with Crippen molar-refractivity contribution >= 4 is 17.8 Å². The highest BCUT2D eigenvalue weighted by molar-refractivity contribution is 5.92. The van der Waals surface area contributed by atoms with E-state index in [1.807, 2.05) is 60.7 Å². The van der Waals surface area contributed by atoms with E-state index in [0.29, 0.717) is 25.3 Å². The summed E-state index contributed by atoms with van der Waals surface area (Å²) >= 11 is 0. The van der Waals surface area contributed by atoms with Gasteiger partial charge in [-0.1, -0.05) is 72.8 Å². The SMILES string of the molecule is NC(=O)[C@@H](CCCNc1ncc[nH]1)N(Cc1ccc(O)cc1)C(=O)C(c1ccccc1)c1ccccc1. The van der Waals surface area contributed by atoms with Crippen molar-refractivity contribution in [1.29, 1.82) is 0 Å². The van der Waals surface area contributed by atoms with Gasteiger partial charge in [-0.25, -0.2) is 4.98 Å². The zero-order chi connectivity index (χ0) is 26.0. The Morgan fingerprint density at radius 2 is 1.57 bits per heavy atom. The number of aromatic nitrogens is 2. The molecule has 190 valence electrons. The van der Waals surface area contributed by atoms with Crippen LogP contribution in [0.1, 0.15) is 35.4 Å². The van der Waals surface area contributed by atoms with Crippen molar-refractivity contribution in [2.75, 3.05) is 11.9 Å². The molecule has 0 aliphatic carbocycles. The second-order valence-electron chi connectivity index (χ2n) is 8.81. The van der Waals surface area contributed by atoms with Gasteiger partial charge in [-0.05, 0) is 41.7 Å². The minimum absolute atomic E-state index is 0.128. The topological polar surface area (TPSA) is 124 Å². The molecule has 0 bridgehead atoms. The van der Waals surface area contributed by atoms with Crippen molar-refractivity contribution in [2.45, 2.75) is 31.3 Å². The van der Waals surface area contributed by atoms with Gasteiger partial charge in [-0.15, -0.1) is 0 Å². The Balaban J connectivity index is 1.65. The Labute approximate surface area is 216 Å². The Kier molecular flexibility index (Phi) is 8.54. The zero-order valence-corrected chi connectivity index (χ0v) is 20.5. The Morgan fingerprint density at radius 1 is 0.946 bits per heavy atom. The smallest absolute Gasteiger partial charge is 0.240 e. The molecule has 0 unspecified atom stereocenters. The number of carbonyl (C=O) groups is 2. The molecular formula is C29H31N5O3. The first kappa shape index (κ1) is 25.5. The number of phenols is 1. The Bertz CT molecular complexity index is 1220. The summed E-state index contributed by atoms with van der Waals surface area (Å²) in [5.41, 5.74) is 8.34. The molecule has 2 amide bonds. The van der Waals surface area contributed by atoms with E-state index in [0.717, 1.165) is 16.7 Å². The van der Waals surface area contributed by atoms with Gasteiger partial charge in [0.1, 0.15) is 11.8 Å². The molecule has 8 heteroatoms. The molecule has 0 saturated heterocycles. The van der Waals surface area contributed by atoms with E-state index in [1.165, 1.54) is 0 Å². The maximum atomic E-state index is 14.3. The quantitative estimate of drug-likeness (QED) is 0.220. The number of aromatic hydroxyl groups is 1. The lowest BCUT2D eigenvalue weighted by Crippen LogP contribution is -2.49. The summed E-state index contributed by atoms with van der Waals surface area (Å²) < 4.78 is 0. The number of benzene rings is 3. The number of imidazole rings is 1. The van der Waals surface area contributed by atoms with E-state index in [2.05, 4.69) is 15.3 Å². The number of carbonyl (C=O) groups excluding carboxylic acids is 2. The number of rotatable bonds is 12. The largest absolute Gasteiger partial charge is 0.508 e. The number of aromatic amines is 1. The number of primary amides is 1. The molecule has 8 nitrogen and oxygen atoms in total. The molecule has 0 spiro atoms. The molecule has 0 aliphatic heterocycles. The van der Waals surface area contributed by atoms with Crippen molar-refractivity contribution in [3.05, 3.63) is 114 Å². The summed E-state index contributed by atoms with van der Waals surface area (Å²) in [6, 6.07) is 24.9. The molecule has 37 heavy (non-hydrogen) atoms. The van der Waals surface area contributed by atoms with Crippen molar-refractivity contribution in [1.82, 2.24) is 14.9 Å². The van der Waals surface area contributed by atoms with Crippen LogP contribution in [-0.4, -0.2) is 44.4 Å². The van der Waals surface area contributed by atoms with Gasteiger partial charge < -0.3 is 26.0 Å². The lowest BCUT2D eigenvalue weighted by Gasteiger charge is -2.33. The highest BCUT2D eigenvalue weighted by Crippen LogP contribution is 2.29. The van der Waals surface area contributed by atoms with E-state index in [-0.39, 0.29) is 18.2 Å². The van der Waals surface area contributed by atoms with Crippen LogP contribution in [0.2, 0.25) is 0 Å². The molecule has 3 aromatic carbocycles. The van der Waals surface area contributed by atoms with Crippen molar-refractivity contribution in [2.24, 2.45) is 5.73 Å². The van der Waals surface area contributed by atoms with Gasteiger partial charge in [0.25, 0.3) is 0 Å². The standard InChI is InChI=1S/C29H31N5O3/c30-27(36)25(12-7-17-31-29-32-18-19-33-29)34(20-21-13-15-24(35)16-14-21)28(37)26(22-8-3-1-4-9-22)23-10-5-2-6-11-23/h1-6,8-11,13-16,18-19,25-26,35H,7,12,17,20H2,(H2,30,36)(H2,31,32,33)/t25-/m1/s1. The number of phenolic OH excluding ortho intramolecular Hbond substituents is 1. The minimum Gasteiger partial charge on any atom is -0.508 e. The second-order valence-corrected chi connectivity index (χ2v) is 8.81. The molecule has 5 N–H and O–H groups in total. The number of nitrogens with zero attached hydrogens (tertiary/aromatic N) is 2. The van der Waals surface area contributed by atoms with Crippen LogP contribution in [0.5, 0.6) is 5.75 Å². The van der Waals surface area contributed by atoms with Gasteiger partial charge in [0, 0.05) is 25.5 Å². The van der Waals surface area contributed by atoms with Crippen molar-refractivity contribution in [3.63, 3.8) is 0 Å². The van der Waals surface area contributed by atoms with Crippen LogP contribution in [0, 0.1) is 0 Å². The summed E-state index contributed by atoms with van der Waals surface area (Å²) in [5, 5.41) is 12.9. The zero-order valence-electron chi connectivity index (χ0n) is 20.5. The van der Waals surface area contributed by atoms with Gasteiger partial charge in [-0.3, -0.25) is 9.59 Å². The van der Waals surface area contributed by atoms with E-state index in [4.69, 9.17) is 5.73 Å². The number of anilines is 1. The first-order valence-corrected chi connectivity index (χ1v) is 12.2. The van der Waals surface area contributed by atoms with Crippen LogP contribution in [0.3, 0.4) is 0 Å². The molecule has 0 aliphatic rings. The number of nitrogens with one attached hydrogen (secondary N) is 2. The van der Waals surface area contributed by atoms with E-state index in [1.54, 1.807) is 41.6 Å². The average Bonchev–Trinajstić information content (AvgIpc) is 3.44. The monoisotopic (exact) mass is 497 g/mol. The average molecular weight is 498 g/mol. The maximum absolute atomic E-state index is 14.3. The van der Waals surface area contributed by atoms with Crippen LogP contribution in [0.25, 0.3) is 0 Å². The summed E-state index contributed by atoms with van der Waals surface area (Å²) in [4.78, 5) is 35.8. The van der Waals surface area contributed by atoms with Gasteiger partial charge in [0.15, 0.2) is 5.95 Å². The molecule has 1 heterocycles. The fourth-order valence-electron chi connectivity index (χ4n) is 4.39. The van der Waals surface area contributed by atoms with Crippen LogP contribution >= 0.6 is 0 Å². The lowest BCUT2D eigenvalue weighted by atomic mass is 9.89. The number of hydrogen-bond acceptors (Lipinski definition) is 5. The molecule has 4 rings (SSSR count). The van der Waals surface area contributed by atoms with Crippen LogP contribution < -0.4 is 11.1 Å². The number of nitrogens with two attached hydrogens (primary N) is 1. The maximum Gasteiger partial charge on any atom is 0.240 e. The van der Waals surface area contributed by atoms with Gasteiger partial charge in [0.05, 0.1) is 5.92 Å². The number of amides is 2. The molecular weight excluding hydrogens is 466 g/mol.